The monoisotopic (exact) mass is 302 g/mol. The van der Waals surface area contributed by atoms with Crippen LogP contribution in [0.1, 0.15) is 18.9 Å². The zero-order chi connectivity index (χ0) is 13.6. The van der Waals surface area contributed by atoms with E-state index in [0.717, 1.165) is 12.8 Å². The molecule has 2 aromatic rings. The molecular formula is C11H12Cl2N4O2. The Labute approximate surface area is 118 Å². The number of halogens is 2. The lowest BCUT2D eigenvalue weighted by Crippen LogP contribution is -2.30. The first-order valence-electron chi connectivity index (χ1n) is 5.97. The quantitative estimate of drug-likeness (QED) is 0.595. The molecule has 0 aliphatic carbocycles. The number of ether oxygens (including phenoxy) is 1. The molecular weight excluding hydrogens is 291 g/mol. The van der Waals surface area contributed by atoms with Gasteiger partial charge in [-0.2, -0.15) is 4.98 Å². The molecule has 0 N–H and O–H groups in total. The predicted molar refractivity (Wildman–Crippen MR) is 71.9 cm³/mol. The van der Waals surface area contributed by atoms with Gasteiger partial charge in [-0.1, -0.05) is 11.6 Å². The molecule has 2 aromatic heterocycles. The van der Waals surface area contributed by atoms with Crippen molar-refractivity contribution in [2.45, 2.75) is 18.9 Å². The largest absolute Gasteiger partial charge is 0.381 e. The van der Waals surface area contributed by atoms with Gasteiger partial charge in [0.05, 0.1) is 0 Å². The van der Waals surface area contributed by atoms with Crippen molar-refractivity contribution < 1.29 is 4.74 Å². The molecule has 1 saturated heterocycles. The fourth-order valence-electron chi connectivity index (χ4n) is 2.47. The van der Waals surface area contributed by atoms with Crippen molar-refractivity contribution in [3.63, 3.8) is 0 Å². The number of hydrogen-bond donors (Lipinski definition) is 0. The molecule has 3 rings (SSSR count). The van der Waals surface area contributed by atoms with E-state index >= 15 is 0 Å². The summed E-state index contributed by atoms with van der Waals surface area (Å²) < 4.78 is 8.43. The molecule has 0 amide bonds. The molecule has 0 aromatic carbocycles. The summed E-state index contributed by atoms with van der Waals surface area (Å²) in [5, 5.41) is 0.240. The highest BCUT2D eigenvalue weighted by Gasteiger charge is 2.24. The van der Waals surface area contributed by atoms with Crippen molar-refractivity contribution in [1.29, 1.82) is 0 Å². The zero-order valence-electron chi connectivity index (χ0n) is 10.3. The van der Waals surface area contributed by atoms with Gasteiger partial charge in [-0.15, -0.1) is 0 Å². The lowest BCUT2D eigenvalue weighted by atomic mass is 10.1. The van der Waals surface area contributed by atoms with Crippen LogP contribution in [0, 0.1) is 0 Å². The smallest absolute Gasteiger partial charge is 0.330 e. The number of fused-ring (bicyclic) bond motifs is 1. The molecule has 0 saturated carbocycles. The van der Waals surface area contributed by atoms with Gasteiger partial charge in [0.15, 0.2) is 10.8 Å². The molecule has 0 radical (unpaired) electrons. The van der Waals surface area contributed by atoms with Crippen molar-refractivity contribution in [1.82, 2.24) is 19.1 Å². The molecule has 0 unspecified atom stereocenters. The molecule has 0 spiro atoms. The molecule has 0 atom stereocenters. The lowest BCUT2D eigenvalue weighted by molar-refractivity contribution is 0.0695. The number of aromatic nitrogens is 4. The minimum atomic E-state index is -0.152. The van der Waals surface area contributed by atoms with Crippen molar-refractivity contribution in [3.05, 3.63) is 20.9 Å². The summed E-state index contributed by atoms with van der Waals surface area (Å²) in [5.41, 5.74) is 0.854. The highest BCUT2D eigenvalue weighted by molar-refractivity contribution is 6.35. The Morgan fingerprint density at radius 1 is 1.26 bits per heavy atom. The van der Waals surface area contributed by atoms with Crippen LogP contribution in [-0.4, -0.2) is 32.3 Å². The first-order valence-corrected chi connectivity index (χ1v) is 6.73. The number of nitrogens with zero attached hydrogens (tertiary/aromatic N) is 4. The maximum absolute atomic E-state index is 12.4. The average Bonchev–Trinajstić information content (AvgIpc) is 2.63. The van der Waals surface area contributed by atoms with Crippen LogP contribution in [0.2, 0.25) is 10.4 Å². The molecule has 3 heterocycles. The van der Waals surface area contributed by atoms with E-state index in [0.29, 0.717) is 24.4 Å². The van der Waals surface area contributed by atoms with Gasteiger partial charge < -0.3 is 4.74 Å². The van der Waals surface area contributed by atoms with Crippen LogP contribution in [0.15, 0.2) is 4.79 Å². The summed E-state index contributed by atoms with van der Waals surface area (Å²) in [6, 6.07) is 0.0620. The second kappa shape index (κ2) is 4.77. The fraction of sp³-hybridized carbons (Fsp3) is 0.545. The molecule has 1 fully saturated rings. The van der Waals surface area contributed by atoms with Gasteiger partial charge in [-0.25, -0.2) is 9.78 Å². The van der Waals surface area contributed by atoms with Crippen molar-refractivity contribution in [2.75, 3.05) is 13.2 Å². The van der Waals surface area contributed by atoms with Crippen LogP contribution >= 0.6 is 23.2 Å². The average molecular weight is 303 g/mol. The third-order valence-electron chi connectivity index (χ3n) is 3.41. The second-order valence-corrected chi connectivity index (χ2v) is 5.21. The Morgan fingerprint density at radius 2 is 1.95 bits per heavy atom. The molecule has 8 heteroatoms. The standard InChI is InChI=1S/C11H12Cl2N4O2/c1-16-7-8(12)14-10(13)15-9(7)17(11(16)18)6-2-4-19-5-3-6/h6H,2-5H2,1H3. The summed E-state index contributed by atoms with van der Waals surface area (Å²) in [6.45, 7) is 1.28. The topological polar surface area (TPSA) is 61.9 Å². The van der Waals surface area contributed by atoms with Crippen LogP contribution in [0.3, 0.4) is 0 Å². The van der Waals surface area contributed by atoms with Crippen molar-refractivity contribution in [2.24, 2.45) is 7.05 Å². The SMILES string of the molecule is Cn1c(=O)n(C2CCOCC2)c2nc(Cl)nc(Cl)c21. The van der Waals surface area contributed by atoms with Crippen LogP contribution in [0.25, 0.3) is 11.2 Å². The maximum Gasteiger partial charge on any atom is 0.330 e. The van der Waals surface area contributed by atoms with Gasteiger partial charge in [0, 0.05) is 26.3 Å². The van der Waals surface area contributed by atoms with E-state index in [2.05, 4.69) is 9.97 Å². The number of imidazole rings is 1. The Morgan fingerprint density at radius 3 is 2.63 bits per heavy atom. The van der Waals surface area contributed by atoms with Gasteiger partial charge in [-0.05, 0) is 24.4 Å². The van der Waals surface area contributed by atoms with Crippen LogP contribution in [0.5, 0.6) is 0 Å². The van der Waals surface area contributed by atoms with Crippen LogP contribution in [-0.2, 0) is 11.8 Å². The minimum Gasteiger partial charge on any atom is -0.381 e. The Balaban J connectivity index is 2.29. The zero-order valence-corrected chi connectivity index (χ0v) is 11.8. The van der Waals surface area contributed by atoms with Crippen molar-refractivity contribution in [3.8, 4) is 0 Å². The lowest BCUT2D eigenvalue weighted by Gasteiger charge is -2.22. The summed E-state index contributed by atoms with van der Waals surface area (Å²) in [6.07, 6.45) is 1.55. The molecule has 6 nitrogen and oxygen atoms in total. The number of hydrogen-bond acceptors (Lipinski definition) is 4. The summed E-state index contributed by atoms with van der Waals surface area (Å²) in [5.74, 6) is 0. The minimum absolute atomic E-state index is 0.0453. The normalized spacial score (nSPS) is 17.2. The maximum atomic E-state index is 12.4. The first kappa shape index (κ1) is 12.9. The van der Waals surface area contributed by atoms with Gasteiger partial charge >= 0.3 is 5.69 Å². The van der Waals surface area contributed by atoms with E-state index in [1.807, 2.05) is 0 Å². The molecule has 19 heavy (non-hydrogen) atoms. The highest BCUT2D eigenvalue weighted by Crippen LogP contribution is 2.26. The third-order valence-corrected chi connectivity index (χ3v) is 3.84. The third kappa shape index (κ3) is 2.04. The molecule has 0 bridgehead atoms. The first-order chi connectivity index (χ1) is 9.09. The van der Waals surface area contributed by atoms with Crippen LogP contribution < -0.4 is 5.69 Å². The van der Waals surface area contributed by atoms with Gasteiger partial charge in [0.25, 0.3) is 0 Å². The Kier molecular flexibility index (Phi) is 3.24. The van der Waals surface area contributed by atoms with E-state index < -0.39 is 0 Å². The highest BCUT2D eigenvalue weighted by atomic mass is 35.5. The number of rotatable bonds is 1. The van der Waals surface area contributed by atoms with E-state index in [1.54, 1.807) is 11.6 Å². The Bertz CT molecular complexity index is 688. The Hall–Kier alpha value is -1.11. The van der Waals surface area contributed by atoms with Crippen molar-refractivity contribution >= 4 is 34.4 Å². The van der Waals surface area contributed by atoms with E-state index in [1.165, 1.54) is 4.57 Å². The van der Waals surface area contributed by atoms with Gasteiger partial charge in [-0.3, -0.25) is 9.13 Å². The second-order valence-electron chi connectivity index (χ2n) is 4.51. The molecule has 102 valence electrons. The molecule has 1 aliphatic heterocycles. The van der Waals surface area contributed by atoms with Gasteiger partial charge in [0.2, 0.25) is 5.28 Å². The van der Waals surface area contributed by atoms with Gasteiger partial charge in [0.1, 0.15) is 5.52 Å². The summed E-state index contributed by atoms with van der Waals surface area (Å²) >= 11 is 11.9. The fourth-order valence-corrected chi connectivity index (χ4v) is 2.97. The summed E-state index contributed by atoms with van der Waals surface area (Å²) in [4.78, 5) is 20.4. The van der Waals surface area contributed by atoms with E-state index in [4.69, 9.17) is 27.9 Å². The summed E-state index contributed by atoms with van der Waals surface area (Å²) in [7, 11) is 1.66. The molecule has 1 aliphatic rings. The number of aryl methyl sites for hydroxylation is 1. The van der Waals surface area contributed by atoms with E-state index in [9.17, 15) is 4.79 Å². The predicted octanol–water partition coefficient (Wildman–Crippen LogP) is 1.79. The van der Waals surface area contributed by atoms with E-state index in [-0.39, 0.29) is 22.2 Å². The van der Waals surface area contributed by atoms with Crippen LogP contribution in [0.4, 0.5) is 0 Å².